The largest absolute Gasteiger partial charge is 0.472 e. The number of carbonyl (C=O) groups is 2. The van der Waals surface area contributed by atoms with Crippen molar-refractivity contribution in [2.24, 2.45) is 5.73 Å². The smallest absolute Gasteiger partial charge is 0.249 e. The summed E-state index contributed by atoms with van der Waals surface area (Å²) >= 11 is 0. The number of hydrogen-bond donors (Lipinski definition) is 1. The first-order valence-corrected chi connectivity index (χ1v) is 3.99. The molecule has 0 saturated heterocycles. The van der Waals surface area contributed by atoms with E-state index in [0.29, 0.717) is 11.1 Å². The second-order valence-electron chi connectivity index (χ2n) is 2.87. The van der Waals surface area contributed by atoms with Crippen molar-refractivity contribution in [3.05, 3.63) is 42.0 Å². The minimum absolute atomic E-state index is 0.0257. The molecule has 0 aliphatic heterocycles. The summed E-state index contributed by atoms with van der Waals surface area (Å²) in [4.78, 5) is 22.7. The minimum Gasteiger partial charge on any atom is -0.472 e. The maximum Gasteiger partial charge on any atom is 0.249 e. The monoisotopic (exact) mass is 189 g/mol. The van der Waals surface area contributed by atoms with Crippen LogP contribution in [0, 0.1) is 0 Å². The molecule has 0 radical (unpaired) electrons. The van der Waals surface area contributed by atoms with Gasteiger partial charge in [-0.3, -0.25) is 9.59 Å². The highest BCUT2D eigenvalue weighted by atomic mass is 16.3. The number of furan rings is 1. The minimum atomic E-state index is -0.663. The number of rotatable bonds is 1. The van der Waals surface area contributed by atoms with E-state index in [0.717, 1.165) is 0 Å². The zero-order chi connectivity index (χ0) is 10.1. The van der Waals surface area contributed by atoms with Crippen molar-refractivity contribution in [1.29, 1.82) is 0 Å². The molecular formula is C10H7NO3. The summed E-state index contributed by atoms with van der Waals surface area (Å²) in [5.74, 6) is -1.25. The third-order valence-corrected chi connectivity index (χ3v) is 1.97. The third-order valence-electron chi connectivity index (χ3n) is 1.97. The van der Waals surface area contributed by atoms with Gasteiger partial charge in [-0.25, -0.2) is 0 Å². The van der Waals surface area contributed by atoms with Gasteiger partial charge in [-0.2, -0.15) is 0 Å². The molecule has 0 atom stereocenters. The molecule has 0 saturated carbocycles. The second-order valence-corrected chi connectivity index (χ2v) is 2.87. The molecule has 0 bridgehead atoms. The lowest BCUT2D eigenvalue weighted by Crippen LogP contribution is -2.24. The van der Waals surface area contributed by atoms with Gasteiger partial charge in [0.2, 0.25) is 11.6 Å². The molecule has 4 nitrogen and oxygen atoms in total. The SMILES string of the molecule is NC1=CC=C(c2ccoc2)C(=O)C1=O. The Kier molecular flexibility index (Phi) is 1.81. The Labute approximate surface area is 79.7 Å². The van der Waals surface area contributed by atoms with Crippen LogP contribution in [0.1, 0.15) is 5.56 Å². The first-order valence-electron chi connectivity index (χ1n) is 3.99. The van der Waals surface area contributed by atoms with Crippen LogP contribution in [0.5, 0.6) is 0 Å². The quantitative estimate of drug-likeness (QED) is 0.520. The normalized spacial score (nSPS) is 16.6. The third kappa shape index (κ3) is 1.17. The van der Waals surface area contributed by atoms with Crippen molar-refractivity contribution >= 4 is 17.1 Å². The van der Waals surface area contributed by atoms with Crippen molar-refractivity contribution in [1.82, 2.24) is 0 Å². The molecule has 1 aromatic rings. The first-order chi connectivity index (χ1) is 6.70. The zero-order valence-corrected chi connectivity index (χ0v) is 7.19. The fourth-order valence-corrected chi connectivity index (χ4v) is 1.22. The van der Waals surface area contributed by atoms with E-state index in [1.54, 1.807) is 6.07 Å². The van der Waals surface area contributed by atoms with Crippen LogP contribution in [0.25, 0.3) is 5.57 Å². The Morgan fingerprint density at radius 3 is 2.57 bits per heavy atom. The molecule has 0 unspecified atom stereocenters. The molecule has 4 heteroatoms. The predicted molar refractivity (Wildman–Crippen MR) is 49.0 cm³/mol. The van der Waals surface area contributed by atoms with E-state index >= 15 is 0 Å². The van der Waals surface area contributed by atoms with Crippen LogP contribution in [0.15, 0.2) is 40.9 Å². The van der Waals surface area contributed by atoms with Crippen molar-refractivity contribution in [2.75, 3.05) is 0 Å². The zero-order valence-electron chi connectivity index (χ0n) is 7.19. The standard InChI is InChI=1S/C10H7NO3/c11-8-2-1-7(9(12)10(8)13)6-3-4-14-5-6/h1-5H,11H2. The number of ketones is 2. The van der Waals surface area contributed by atoms with E-state index in [-0.39, 0.29) is 5.70 Å². The van der Waals surface area contributed by atoms with Crippen LogP contribution < -0.4 is 5.73 Å². The fourth-order valence-electron chi connectivity index (χ4n) is 1.22. The summed E-state index contributed by atoms with van der Waals surface area (Å²) in [6, 6.07) is 1.62. The van der Waals surface area contributed by atoms with Crippen LogP contribution >= 0.6 is 0 Å². The maximum absolute atomic E-state index is 11.5. The Bertz CT molecular complexity index is 452. The maximum atomic E-state index is 11.5. The van der Waals surface area contributed by atoms with E-state index in [9.17, 15) is 9.59 Å². The lowest BCUT2D eigenvalue weighted by atomic mass is 9.96. The van der Waals surface area contributed by atoms with Gasteiger partial charge in [0, 0.05) is 11.1 Å². The molecule has 2 N–H and O–H groups in total. The van der Waals surface area contributed by atoms with E-state index in [4.69, 9.17) is 10.2 Å². The summed E-state index contributed by atoms with van der Waals surface area (Å²) in [7, 11) is 0. The van der Waals surface area contributed by atoms with E-state index in [1.165, 1.54) is 24.7 Å². The van der Waals surface area contributed by atoms with E-state index in [2.05, 4.69) is 0 Å². The molecule has 70 valence electrons. The Morgan fingerprint density at radius 2 is 1.93 bits per heavy atom. The van der Waals surface area contributed by atoms with Crippen LogP contribution in [0.3, 0.4) is 0 Å². The average molecular weight is 189 g/mol. The highest BCUT2D eigenvalue weighted by molar-refractivity contribution is 6.58. The molecule has 0 spiro atoms. The lowest BCUT2D eigenvalue weighted by molar-refractivity contribution is -0.131. The molecule has 14 heavy (non-hydrogen) atoms. The van der Waals surface area contributed by atoms with Crippen molar-refractivity contribution < 1.29 is 14.0 Å². The Morgan fingerprint density at radius 1 is 1.14 bits per heavy atom. The van der Waals surface area contributed by atoms with Crippen LogP contribution in [0.2, 0.25) is 0 Å². The average Bonchev–Trinajstić information content (AvgIpc) is 2.67. The molecule has 2 rings (SSSR count). The highest BCUT2D eigenvalue weighted by Gasteiger charge is 2.25. The number of nitrogens with two attached hydrogens (primary N) is 1. The van der Waals surface area contributed by atoms with Gasteiger partial charge < -0.3 is 10.2 Å². The number of Topliss-reactive ketones (excluding diaryl/α,β-unsaturated/α-hetero) is 2. The summed E-state index contributed by atoms with van der Waals surface area (Å²) in [5.41, 5.74) is 6.19. The van der Waals surface area contributed by atoms with Gasteiger partial charge in [0.15, 0.2) is 0 Å². The second kappa shape index (κ2) is 2.99. The summed E-state index contributed by atoms with van der Waals surface area (Å²) in [6.45, 7) is 0. The topological polar surface area (TPSA) is 73.3 Å². The predicted octanol–water partition coefficient (Wildman–Crippen LogP) is 0.657. The first kappa shape index (κ1) is 8.50. The van der Waals surface area contributed by atoms with Gasteiger partial charge in [0.05, 0.1) is 18.2 Å². The van der Waals surface area contributed by atoms with Crippen molar-refractivity contribution in [3.63, 3.8) is 0 Å². The van der Waals surface area contributed by atoms with E-state index in [1.807, 2.05) is 0 Å². The van der Waals surface area contributed by atoms with Gasteiger partial charge in [-0.1, -0.05) is 0 Å². The number of allylic oxidation sites excluding steroid dienone is 4. The van der Waals surface area contributed by atoms with Crippen molar-refractivity contribution in [3.8, 4) is 0 Å². The van der Waals surface area contributed by atoms with Gasteiger partial charge in [-0.05, 0) is 18.2 Å². The van der Waals surface area contributed by atoms with Gasteiger partial charge in [0.1, 0.15) is 0 Å². The summed E-state index contributed by atoms with van der Waals surface area (Å²) < 4.78 is 4.82. The molecular weight excluding hydrogens is 182 g/mol. The molecule has 1 aromatic heterocycles. The molecule has 1 aliphatic rings. The molecule has 0 aromatic carbocycles. The molecule has 0 fully saturated rings. The Balaban J connectivity index is 2.48. The van der Waals surface area contributed by atoms with Crippen LogP contribution in [0.4, 0.5) is 0 Å². The van der Waals surface area contributed by atoms with Crippen LogP contribution in [-0.4, -0.2) is 11.6 Å². The van der Waals surface area contributed by atoms with Gasteiger partial charge >= 0.3 is 0 Å². The number of carbonyl (C=O) groups excluding carboxylic acids is 2. The van der Waals surface area contributed by atoms with E-state index < -0.39 is 11.6 Å². The molecule has 1 heterocycles. The molecule has 0 amide bonds. The lowest BCUT2D eigenvalue weighted by Gasteiger charge is -2.07. The Hall–Kier alpha value is -2.10. The van der Waals surface area contributed by atoms with Crippen molar-refractivity contribution in [2.45, 2.75) is 0 Å². The molecule has 1 aliphatic carbocycles. The summed E-state index contributed by atoms with van der Waals surface area (Å²) in [6.07, 6.45) is 5.79. The number of hydrogen-bond acceptors (Lipinski definition) is 4. The van der Waals surface area contributed by atoms with Gasteiger partial charge in [0.25, 0.3) is 0 Å². The van der Waals surface area contributed by atoms with Gasteiger partial charge in [-0.15, -0.1) is 0 Å². The summed E-state index contributed by atoms with van der Waals surface area (Å²) in [5, 5.41) is 0. The fraction of sp³-hybridized carbons (Fsp3) is 0. The van der Waals surface area contributed by atoms with Crippen LogP contribution in [-0.2, 0) is 9.59 Å². The highest BCUT2D eigenvalue weighted by Crippen LogP contribution is 2.20.